The molecule has 1 aromatic heterocycles. The summed E-state index contributed by atoms with van der Waals surface area (Å²) in [6.07, 6.45) is 1.68. The van der Waals surface area contributed by atoms with Crippen molar-refractivity contribution in [3.8, 4) is 0 Å². The van der Waals surface area contributed by atoms with Gasteiger partial charge in [-0.3, -0.25) is 9.78 Å². The summed E-state index contributed by atoms with van der Waals surface area (Å²) in [5.74, 6) is -0.0640. The van der Waals surface area contributed by atoms with Crippen molar-refractivity contribution < 1.29 is 4.79 Å². The highest BCUT2D eigenvalue weighted by molar-refractivity contribution is 5.95. The Kier molecular flexibility index (Phi) is 4.07. The highest BCUT2D eigenvalue weighted by Crippen LogP contribution is 2.02. The van der Waals surface area contributed by atoms with Crippen LogP contribution in [0.1, 0.15) is 16.1 Å². The lowest BCUT2D eigenvalue weighted by molar-refractivity contribution is 0.0953. The summed E-state index contributed by atoms with van der Waals surface area (Å²) in [4.78, 5) is 15.6. The van der Waals surface area contributed by atoms with Crippen LogP contribution in [0.2, 0.25) is 0 Å². The lowest BCUT2D eigenvalue weighted by atomic mass is 10.2. The van der Waals surface area contributed by atoms with Crippen LogP contribution in [0.4, 0.5) is 0 Å². The number of aryl methyl sites for hydroxylation is 1. The third-order valence-electron chi connectivity index (χ3n) is 1.91. The number of aromatic nitrogens is 1. The molecule has 4 heteroatoms. The highest BCUT2D eigenvalue weighted by atomic mass is 16.1. The third-order valence-corrected chi connectivity index (χ3v) is 1.91. The van der Waals surface area contributed by atoms with E-state index in [0.29, 0.717) is 12.1 Å². The molecule has 0 aliphatic rings. The average Bonchev–Trinajstić information content (AvgIpc) is 2.18. The van der Waals surface area contributed by atoms with Gasteiger partial charge in [0.1, 0.15) is 0 Å². The molecule has 1 aromatic rings. The van der Waals surface area contributed by atoms with E-state index >= 15 is 0 Å². The van der Waals surface area contributed by atoms with E-state index in [9.17, 15) is 4.79 Å². The maximum Gasteiger partial charge on any atom is 0.253 e. The van der Waals surface area contributed by atoms with Crippen LogP contribution in [0.25, 0.3) is 0 Å². The van der Waals surface area contributed by atoms with Gasteiger partial charge in [-0.05, 0) is 26.1 Å². The molecule has 76 valence electrons. The Bertz CT molecular complexity index is 312. The molecular weight excluding hydrogens is 178 g/mol. The molecule has 0 bridgehead atoms. The topological polar surface area (TPSA) is 54.0 Å². The number of nitrogens with zero attached hydrogens (tertiary/aromatic N) is 1. The van der Waals surface area contributed by atoms with E-state index in [2.05, 4.69) is 15.6 Å². The quantitative estimate of drug-likeness (QED) is 0.678. The van der Waals surface area contributed by atoms with E-state index in [1.807, 2.05) is 14.0 Å². The van der Waals surface area contributed by atoms with Crippen LogP contribution in [0.3, 0.4) is 0 Å². The minimum absolute atomic E-state index is 0.0640. The van der Waals surface area contributed by atoms with E-state index in [-0.39, 0.29) is 5.91 Å². The van der Waals surface area contributed by atoms with E-state index in [4.69, 9.17) is 0 Å². The second-order valence-corrected chi connectivity index (χ2v) is 3.00. The Morgan fingerprint density at radius 2 is 2.29 bits per heavy atom. The second kappa shape index (κ2) is 5.34. The molecule has 0 aliphatic heterocycles. The molecule has 0 spiro atoms. The summed E-state index contributed by atoms with van der Waals surface area (Å²) in [7, 11) is 1.85. The van der Waals surface area contributed by atoms with Crippen molar-refractivity contribution in [2.75, 3.05) is 20.1 Å². The fourth-order valence-electron chi connectivity index (χ4n) is 1.12. The van der Waals surface area contributed by atoms with Crippen LogP contribution in [0, 0.1) is 6.92 Å². The number of amides is 1. The molecule has 4 nitrogen and oxygen atoms in total. The van der Waals surface area contributed by atoms with Gasteiger partial charge in [0.25, 0.3) is 5.91 Å². The molecule has 0 aliphatic carbocycles. The Labute approximate surface area is 83.7 Å². The van der Waals surface area contributed by atoms with Gasteiger partial charge in [0.2, 0.25) is 0 Å². The molecule has 0 saturated carbocycles. The summed E-state index contributed by atoms with van der Waals surface area (Å²) in [6, 6.07) is 3.54. The maximum absolute atomic E-state index is 11.6. The van der Waals surface area contributed by atoms with Gasteiger partial charge in [0.15, 0.2) is 0 Å². The number of nitrogens with one attached hydrogen (secondary N) is 2. The zero-order valence-corrected chi connectivity index (χ0v) is 8.50. The summed E-state index contributed by atoms with van der Waals surface area (Å²) in [5, 5.41) is 5.76. The third kappa shape index (κ3) is 2.81. The van der Waals surface area contributed by atoms with E-state index < -0.39 is 0 Å². The molecule has 0 aromatic carbocycles. The van der Waals surface area contributed by atoms with Crippen molar-refractivity contribution in [1.29, 1.82) is 0 Å². The summed E-state index contributed by atoms with van der Waals surface area (Å²) < 4.78 is 0. The fourth-order valence-corrected chi connectivity index (χ4v) is 1.12. The molecular formula is C10H15N3O. The Morgan fingerprint density at radius 3 is 2.93 bits per heavy atom. The first kappa shape index (κ1) is 10.7. The van der Waals surface area contributed by atoms with E-state index in [1.165, 1.54) is 0 Å². The lowest BCUT2D eigenvalue weighted by Crippen LogP contribution is -2.30. The Morgan fingerprint density at radius 1 is 1.50 bits per heavy atom. The molecule has 0 unspecified atom stereocenters. The SMILES string of the molecule is CNCCNC(=O)c1cccnc1C. The zero-order valence-electron chi connectivity index (χ0n) is 8.50. The zero-order chi connectivity index (χ0) is 10.4. The number of carbonyl (C=O) groups excluding carboxylic acids is 1. The van der Waals surface area contributed by atoms with Crippen LogP contribution < -0.4 is 10.6 Å². The van der Waals surface area contributed by atoms with Crippen molar-refractivity contribution in [1.82, 2.24) is 15.6 Å². The maximum atomic E-state index is 11.6. The van der Waals surface area contributed by atoms with Gasteiger partial charge < -0.3 is 10.6 Å². The van der Waals surface area contributed by atoms with Crippen LogP contribution in [0.5, 0.6) is 0 Å². The van der Waals surface area contributed by atoms with Crippen molar-refractivity contribution in [2.45, 2.75) is 6.92 Å². The first-order valence-corrected chi connectivity index (χ1v) is 4.60. The predicted molar refractivity (Wildman–Crippen MR) is 55.2 cm³/mol. The number of likely N-dealkylation sites (N-methyl/N-ethyl adjacent to an activating group) is 1. The van der Waals surface area contributed by atoms with Crippen LogP contribution in [-0.4, -0.2) is 31.0 Å². The van der Waals surface area contributed by atoms with Crippen LogP contribution in [0.15, 0.2) is 18.3 Å². The minimum atomic E-state index is -0.0640. The van der Waals surface area contributed by atoms with Crippen molar-refractivity contribution in [3.05, 3.63) is 29.6 Å². The largest absolute Gasteiger partial charge is 0.351 e. The summed E-state index contributed by atoms with van der Waals surface area (Å²) in [6.45, 7) is 3.22. The van der Waals surface area contributed by atoms with Crippen LogP contribution >= 0.6 is 0 Å². The molecule has 1 heterocycles. The van der Waals surface area contributed by atoms with Crippen LogP contribution in [-0.2, 0) is 0 Å². The summed E-state index contributed by atoms with van der Waals surface area (Å²) in [5.41, 5.74) is 1.40. The second-order valence-electron chi connectivity index (χ2n) is 3.00. The predicted octanol–water partition coefficient (Wildman–Crippen LogP) is 0.339. The first-order chi connectivity index (χ1) is 6.75. The van der Waals surface area contributed by atoms with Crippen molar-refractivity contribution >= 4 is 5.91 Å². The number of pyridine rings is 1. The standard InChI is InChI=1S/C10H15N3O/c1-8-9(4-3-5-12-8)10(14)13-7-6-11-2/h3-5,11H,6-7H2,1-2H3,(H,13,14). The Balaban J connectivity index is 2.56. The molecule has 14 heavy (non-hydrogen) atoms. The normalized spacial score (nSPS) is 9.86. The molecule has 2 N–H and O–H groups in total. The smallest absolute Gasteiger partial charge is 0.253 e. The van der Waals surface area contributed by atoms with Crippen molar-refractivity contribution in [2.24, 2.45) is 0 Å². The lowest BCUT2D eigenvalue weighted by Gasteiger charge is -2.05. The van der Waals surface area contributed by atoms with Gasteiger partial charge in [-0.25, -0.2) is 0 Å². The van der Waals surface area contributed by atoms with Gasteiger partial charge in [0, 0.05) is 25.0 Å². The number of rotatable bonds is 4. The number of carbonyl (C=O) groups is 1. The molecule has 1 amide bonds. The van der Waals surface area contributed by atoms with Gasteiger partial charge >= 0.3 is 0 Å². The average molecular weight is 193 g/mol. The highest BCUT2D eigenvalue weighted by Gasteiger charge is 2.07. The van der Waals surface area contributed by atoms with Gasteiger partial charge in [0.05, 0.1) is 5.56 Å². The van der Waals surface area contributed by atoms with Crippen molar-refractivity contribution in [3.63, 3.8) is 0 Å². The van der Waals surface area contributed by atoms with E-state index in [0.717, 1.165) is 12.2 Å². The molecule has 0 fully saturated rings. The van der Waals surface area contributed by atoms with Gasteiger partial charge in [-0.2, -0.15) is 0 Å². The minimum Gasteiger partial charge on any atom is -0.351 e. The van der Waals surface area contributed by atoms with Gasteiger partial charge in [-0.15, -0.1) is 0 Å². The van der Waals surface area contributed by atoms with Gasteiger partial charge in [-0.1, -0.05) is 0 Å². The summed E-state index contributed by atoms with van der Waals surface area (Å²) >= 11 is 0. The van der Waals surface area contributed by atoms with E-state index in [1.54, 1.807) is 18.3 Å². The molecule has 0 saturated heterocycles. The molecule has 0 radical (unpaired) electrons. The Hall–Kier alpha value is -1.42. The molecule has 0 atom stereocenters. The first-order valence-electron chi connectivity index (χ1n) is 4.60. The number of hydrogen-bond acceptors (Lipinski definition) is 3. The monoisotopic (exact) mass is 193 g/mol. The fraction of sp³-hybridized carbons (Fsp3) is 0.400. The molecule has 1 rings (SSSR count). The number of hydrogen-bond donors (Lipinski definition) is 2.